The van der Waals surface area contributed by atoms with E-state index in [1.54, 1.807) is 7.11 Å². The van der Waals surface area contributed by atoms with Crippen molar-refractivity contribution in [1.29, 1.82) is 0 Å². The van der Waals surface area contributed by atoms with Crippen LogP contribution in [0.4, 0.5) is 0 Å². The van der Waals surface area contributed by atoms with Crippen LogP contribution in [0.2, 0.25) is 0 Å². The van der Waals surface area contributed by atoms with E-state index in [1.807, 2.05) is 0 Å². The molecule has 0 aromatic carbocycles. The number of methoxy groups -OCH3 is 1. The van der Waals surface area contributed by atoms with Gasteiger partial charge in [0, 0.05) is 26.7 Å². The molecule has 1 rings (SSSR count). The molecule has 0 saturated heterocycles. The fourth-order valence-corrected chi connectivity index (χ4v) is 3.22. The van der Waals surface area contributed by atoms with Crippen molar-refractivity contribution in [3.63, 3.8) is 0 Å². The second-order valence-corrected chi connectivity index (χ2v) is 6.21. The van der Waals surface area contributed by atoms with Gasteiger partial charge in [0.1, 0.15) is 0 Å². The zero-order valence-electron chi connectivity index (χ0n) is 13.2. The fraction of sp³-hybridized carbons (Fsp3) is 0.875. The number of carboxylic acid groups (broad SMARTS) is 1. The number of rotatable bonds is 10. The average molecular weight is 299 g/mol. The van der Waals surface area contributed by atoms with Crippen molar-refractivity contribution in [3.8, 4) is 0 Å². The lowest BCUT2D eigenvalue weighted by Crippen LogP contribution is -2.35. The number of carbonyl (C=O) groups is 2. The molecule has 0 atom stereocenters. The molecule has 1 aliphatic rings. The van der Waals surface area contributed by atoms with E-state index in [1.165, 1.54) is 0 Å². The Labute approximate surface area is 127 Å². The number of hydrogen-bond acceptors (Lipinski definition) is 3. The van der Waals surface area contributed by atoms with E-state index in [9.17, 15) is 9.59 Å². The molecule has 5 nitrogen and oxygen atoms in total. The zero-order chi connectivity index (χ0) is 15.6. The molecule has 0 aliphatic heterocycles. The second kappa shape index (κ2) is 9.77. The number of amides is 1. The lowest BCUT2D eigenvalue weighted by molar-refractivity contribution is -0.141. The number of ether oxygens (including phenoxy) is 1. The molecule has 1 saturated carbocycles. The van der Waals surface area contributed by atoms with Gasteiger partial charge < -0.3 is 15.2 Å². The number of carboxylic acids is 1. The molecular formula is C16H29NO4. The molecule has 122 valence electrons. The second-order valence-electron chi connectivity index (χ2n) is 6.21. The van der Waals surface area contributed by atoms with Crippen molar-refractivity contribution in [2.24, 2.45) is 5.41 Å². The molecule has 2 N–H and O–H groups in total. The van der Waals surface area contributed by atoms with Crippen molar-refractivity contribution in [2.45, 2.75) is 64.2 Å². The summed E-state index contributed by atoms with van der Waals surface area (Å²) in [6.45, 7) is 1.43. The van der Waals surface area contributed by atoms with Gasteiger partial charge in [0.15, 0.2) is 0 Å². The number of carbonyl (C=O) groups excluding carboxylic acids is 1. The molecule has 1 aliphatic carbocycles. The van der Waals surface area contributed by atoms with Crippen LogP contribution in [-0.4, -0.2) is 37.2 Å². The SMILES string of the molecule is COCCCCCNC(=O)CC1(CC(=O)O)CCCCC1. The Morgan fingerprint density at radius 2 is 1.81 bits per heavy atom. The molecule has 1 fully saturated rings. The Hall–Kier alpha value is -1.10. The maximum Gasteiger partial charge on any atom is 0.303 e. The third-order valence-electron chi connectivity index (χ3n) is 4.32. The smallest absolute Gasteiger partial charge is 0.303 e. The highest BCUT2D eigenvalue weighted by Gasteiger charge is 2.36. The summed E-state index contributed by atoms with van der Waals surface area (Å²) in [5, 5.41) is 12.0. The Morgan fingerprint density at radius 3 is 2.43 bits per heavy atom. The summed E-state index contributed by atoms with van der Waals surface area (Å²) in [5.41, 5.74) is -0.315. The molecule has 21 heavy (non-hydrogen) atoms. The van der Waals surface area contributed by atoms with Gasteiger partial charge in [-0.2, -0.15) is 0 Å². The van der Waals surface area contributed by atoms with Crippen LogP contribution >= 0.6 is 0 Å². The molecule has 0 unspecified atom stereocenters. The lowest BCUT2D eigenvalue weighted by Gasteiger charge is -2.35. The monoisotopic (exact) mass is 299 g/mol. The predicted octanol–water partition coefficient (Wildman–Crippen LogP) is 2.73. The minimum absolute atomic E-state index is 0.00453. The van der Waals surface area contributed by atoms with E-state index in [0.717, 1.165) is 58.0 Å². The first-order chi connectivity index (χ1) is 10.1. The highest BCUT2D eigenvalue weighted by atomic mass is 16.5. The lowest BCUT2D eigenvalue weighted by atomic mass is 9.69. The third-order valence-corrected chi connectivity index (χ3v) is 4.32. The van der Waals surface area contributed by atoms with Gasteiger partial charge >= 0.3 is 5.97 Å². The highest BCUT2D eigenvalue weighted by Crippen LogP contribution is 2.42. The Bertz CT molecular complexity index is 324. The van der Waals surface area contributed by atoms with Gasteiger partial charge in [-0.05, 0) is 37.5 Å². The Kier molecular flexibility index (Phi) is 8.35. The molecule has 0 radical (unpaired) electrons. The van der Waals surface area contributed by atoms with Crippen molar-refractivity contribution < 1.29 is 19.4 Å². The molecule has 0 heterocycles. The standard InChI is InChI=1S/C16H29NO4/c1-21-11-7-3-6-10-17-14(18)12-16(13-15(19)20)8-4-2-5-9-16/h2-13H2,1H3,(H,17,18)(H,19,20). The number of hydrogen-bond donors (Lipinski definition) is 2. The van der Waals surface area contributed by atoms with Gasteiger partial charge in [0.2, 0.25) is 5.91 Å². The molecular weight excluding hydrogens is 270 g/mol. The number of aliphatic carboxylic acids is 1. The van der Waals surface area contributed by atoms with Gasteiger partial charge in [-0.15, -0.1) is 0 Å². The van der Waals surface area contributed by atoms with Crippen LogP contribution < -0.4 is 5.32 Å². The van der Waals surface area contributed by atoms with Gasteiger partial charge in [0.05, 0.1) is 6.42 Å². The first-order valence-electron chi connectivity index (χ1n) is 8.05. The molecule has 0 aromatic rings. The topological polar surface area (TPSA) is 75.6 Å². The van der Waals surface area contributed by atoms with Gasteiger partial charge in [-0.1, -0.05) is 19.3 Å². The van der Waals surface area contributed by atoms with E-state index < -0.39 is 5.97 Å². The average Bonchev–Trinajstić information content (AvgIpc) is 2.42. The normalized spacial score (nSPS) is 17.4. The van der Waals surface area contributed by atoms with Crippen LogP contribution in [0, 0.1) is 5.41 Å². The van der Waals surface area contributed by atoms with E-state index >= 15 is 0 Å². The predicted molar refractivity (Wildman–Crippen MR) is 81.1 cm³/mol. The van der Waals surface area contributed by atoms with Crippen molar-refractivity contribution >= 4 is 11.9 Å². The van der Waals surface area contributed by atoms with Crippen LogP contribution in [0.3, 0.4) is 0 Å². The molecule has 5 heteroatoms. The maximum atomic E-state index is 12.1. The summed E-state index contributed by atoms with van der Waals surface area (Å²) in [4.78, 5) is 23.1. The van der Waals surface area contributed by atoms with Crippen molar-refractivity contribution in [3.05, 3.63) is 0 Å². The largest absolute Gasteiger partial charge is 0.481 e. The van der Waals surface area contributed by atoms with E-state index in [2.05, 4.69) is 5.32 Å². The fourth-order valence-electron chi connectivity index (χ4n) is 3.22. The Morgan fingerprint density at radius 1 is 1.10 bits per heavy atom. The quantitative estimate of drug-likeness (QED) is 0.608. The van der Waals surface area contributed by atoms with E-state index in [0.29, 0.717) is 13.0 Å². The highest BCUT2D eigenvalue weighted by molar-refractivity contribution is 5.78. The van der Waals surface area contributed by atoms with Crippen LogP contribution in [0.25, 0.3) is 0 Å². The minimum atomic E-state index is -0.788. The summed E-state index contributed by atoms with van der Waals surface area (Å²) >= 11 is 0. The van der Waals surface area contributed by atoms with E-state index in [4.69, 9.17) is 9.84 Å². The summed E-state index contributed by atoms with van der Waals surface area (Å²) in [5.74, 6) is -0.783. The molecule has 0 aromatic heterocycles. The summed E-state index contributed by atoms with van der Waals surface area (Å²) < 4.78 is 4.98. The zero-order valence-corrected chi connectivity index (χ0v) is 13.2. The van der Waals surface area contributed by atoms with E-state index in [-0.39, 0.29) is 17.7 Å². The minimum Gasteiger partial charge on any atom is -0.481 e. The van der Waals surface area contributed by atoms with Crippen molar-refractivity contribution in [1.82, 2.24) is 5.32 Å². The van der Waals surface area contributed by atoms with Gasteiger partial charge in [-0.3, -0.25) is 9.59 Å². The van der Waals surface area contributed by atoms with Gasteiger partial charge in [-0.25, -0.2) is 0 Å². The van der Waals surface area contributed by atoms with Crippen LogP contribution in [0.15, 0.2) is 0 Å². The summed E-state index contributed by atoms with van der Waals surface area (Å²) in [6, 6.07) is 0. The maximum absolute atomic E-state index is 12.1. The Balaban J connectivity index is 2.30. The molecule has 0 bridgehead atoms. The molecule has 0 spiro atoms. The first-order valence-corrected chi connectivity index (χ1v) is 8.05. The molecule has 1 amide bonds. The summed E-state index contributed by atoms with van der Waals surface area (Å²) in [7, 11) is 1.69. The van der Waals surface area contributed by atoms with Gasteiger partial charge in [0.25, 0.3) is 0 Å². The first kappa shape index (κ1) is 18.0. The van der Waals surface area contributed by atoms with Crippen LogP contribution in [-0.2, 0) is 14.3 Å². The van der Waals surface area contributed by atoms with Crippen LogP contribution in [0.5, 0.6) is 0 Å². The number of unbranched alkanes of at least 4 members (excludes halogenated alkanes) is 2. The third kappa shape index (κ3) is 7.46. The number of nitrogens with one attached hydrogen (secondary N) is 1. The van der Waals surface area contributed by atoms with Crippen LogP contribution in [0.1, 0.15) is 64.2 Å². The van der Waals surface area contributed by atoms with Crippen molar-refractivity contribution in [2.75, 3.05) is 20.3 Å². The summed E-state index contributed by atoms with van der Waals surface area (Å²) in [6.07, 6.45) is 8.43.